The molecule has 98 valence electrons. The zero-order valence-corrected chi connectivity index (χ0v) is 12.7. The number of hydrogen-bond donors (Lipinski definition) is 0. The fourth-order valence-electron chi connectivity index (χ4n) is 2.10. The van der Waals surface area contributed by atoms with Crippen molar-refractivity contribution in [2.24, 2.45) is 0 Å². The minimum atomic E-state index is 0.267. The van der Waals surface area contributed by atoms with Crippen LogP contribution in [-0.2, 0) is 6.42 Å². The van der Waals surface area contributed by atoms with E-state index in [9.17, 15) is 0 Å². The van der Waals surface area contributed by atoms with Gasteiger partial charge in [0, 0.05) is 22.4 Å². The highest BCUT2D eigenvalue weighted by Gasteiger charge is 2.21. The highest BCUT2D eigenvalue weighted by Crippen LogP contribution is 2.35. The summed E-state index contributed by atoms with van der Waals surface area (Å²) in [4.78, 5) is 0.347. The van der Waals surface area contributed by atoms with E-state index in [0.29, 0.717) is 11.4 Å². The van der Waals surface area contributed by atoms with E-state index in [0.717, 1.165) is 23.5 Å². The van der Waals surface area contributed by atoms with E-state index < -0.39 is 0 Å². The number of halogens is 1. The van der Waals surface area contributed by atoms with E-state index in [1.165, 1.54) is 5.56 Å². The van der Waals surface area contributed by atoms with E-state index in [4.69, 9.17) is 9.47 Å². The maximum absolute atomic E-state index is 5.79. The van der Waals surface area contributed by atoms with Gasteiger partial charge in [-0.25, -0.2) is 0 Å². The number of hydrogen-bond acceptors (Lipinski definition) is 2. The number of alkyl halides is 1. The third-order valence-corrected chi connectivity index (χ3v) is 3.17. The monoisotopic (exact) mass is 310 g/mol. The summed E-state index contributed by atoms with van der Waals surface area (Å²) in [6.07, 6.45) is 5.41. The highest BCUT2D eigenvalue weighted by atomic mass is 79.9. The smallest absolute Gasteiger partial charge is 0.127 e. The first-order chi connectivity index (χ1) is 8.60. The van der Waals surface area contributed by atoms with Gasteiger partial charge >= 0.3 is 0 Å². The van der Waals surface area contributed by atoms with Crippen LogP contribution >= 0.6 is 15.9 Å². The molecule has 1 aromatic carbocycles. The fraction of sp³-hybridized carbons (Fsp3) is 0.467. The number of benzene rings is 1. The molecule has 18 heavy (non-hydrogen) atoms. The molecule has 2 unspecified atom stereocenters. The Balaban J connectivity index is 2.35. The topological polar surface area (TPSA) is 18.5 Å². The molecule has 0 amide bonds. The molecule has 3 heteroatoms. The third kappa shape index (κ3) is 3.08. The Bertz CT molecular complexity index is 452. The van der Waals surface area contributed by atoms with Crippen molar-refractivity contribution < 1.29 is 9.47 Å². The molecule has 0 radical (unpaired) electrons. The SMILES string of the molecule is CCOc1cc2c(cc1/C=C/C(C)Br)OC(C)C2. The van der Waals surface area contributed by atoms with Gasteiger partial charge in [-0.3, -0.25) is 0 Å². The Morgan fingerprint density at radius 3 is 3.00 bits per heavy atom. The van der Waals surface area contributed by atoms with Gasteiger partial charge in [0.05, 0.1) is 6.61 Å². The number of fused-ring (bicyclic) bond motifs is 1. The van der Waals surface area contributed by atoms with Crippen LogP contribution < -0.4 is 9.47 Å². The van der Waals surface area contributed by atoms with Crippen molar-refractivity contribution in [2.75, 3.05) is 6.61 Å². The van der Waals surface area contributed by atoms with Gasteiger partial charge in [-0.1, -0.05) is 28.1 Å². The van der Waals surface area contributed by atoms with Gasteiger partial charge in [0.1, 0.15) is 17.6 Å². The molecule has 1 aromatic rings. The predicted molar refractivity (Wildman–Crippen MR) is 78.8 cm³/mol. The van der Waals surface area contributed by atoms with E-state index >= 15 is 0 Å². The van der Waals surface area contributed by atoms with Crippen molar-refractivity contribution in [3.8, 4) is 11.5 Å². The van der Waals surface area contributed by atoms with Gasteiger partial charge in [-0.15, -0.1) is 0 Å². The predicted octanol–water partition coefficient (Wildman–Crippen LogP) is 4.21. The number of allylic oxidation sites excluding steroid dienone is 1. The van der Waals surface area contributed by atoms with Gasteiger partial charge in [-0.2, -0.15) is 0 Å². The van der Waals surface area contributed by atoms with Gasteiger partial charge in [0.2, 0.25) is 0 Å². The van der Waals surface area contributed by atoms with Gasteiger partial charge in [-0.05, 0) is 32.9 Å². The molecule has 0 saturated carbocycles. The lowest BCUT2D eigenvalue weighted by Crippen LogP contribution is -2.05. The van der Waals surface area contributed by atoms with E-state index in [1.54, 1.807) is 0 Å². The van der Waals surface area contributed by atoms with E-state index in [1.807, 2.05) is 6.92 Å². The Morgan fingerprint density at radius 1 is 1.56 bits per heavy atom. The molecular weight excluding hydrogens is 292 g/mol. The maximum Gasteiger partial charge on any atom is 0.127 e. The van der Waals surface area contributed by atoms with Crippen LogP contribution in [0.4, 0.5) is 0 Å². The average Bonchev–Trinajstić information content (AvgIpc) is 2.65. The second kappa shape index (κ2) is 5.79. The summed E-state index contributed by atoms with van der Waals surface area (Å²) < 4.78 is 11.5. The zero-order valence-electron chi connectivity index (χ0n) is 11.1. The first-order valence-corrected chi connectivity index (χ1v) is 7.30. The van der Waals surface area contributed by atoms with Crippen LogP contribution in [0.2, 0.25) is 0 Å². The Morgan fingerprint density at radius 2 is 2.33 bits per heavy atom. The summed E-state index contributed by atoms with van der Waals surface area (Å²) >= 11 is 3.51. The zero-order chi connectivity index (χ0) is 13.1. The lowest BCUT2D eigenvalue weighted by atomic mass is 10.1. The molecule has 0 fully saturated rings. The van der Waals surface area contributed by atoms with Crippen LogP contribution in [0.5, 0.6) is 11.5 Å². The standard InChI is InChI=1S/C15H19BrO2/c1-4-17-14-9-13-7-11(3)18-15(13)8-12(14)6-5-10(2)16/h5-6,8-11H,4,7H2,1-3H3/b6-5+. The molecule has 0 aliphatic carbocycles. The van der Waals surface area contributed by atoms with Crippen LogP contribution in [0, 0.1) is 0 Å². The number of ether oxygens (including phenoxy) is 2. The lowest BCUT2D eigenvalue weighted by Gasteiger charge is -2.10. The molecule has 0 spiro atoms. The minimum absolute atomic E-state index is 0.267. The molecule has 0 bridgehead atoms. The Kier molecular flexibility index (Phi) is 4.33. The summed E-state index contributed by atoms with van der Waals surface area (Å²) in [7, 11) is 0. The fourth-order valence-corrected chi connectivity index (χ4v) is 2.25. The summed E-state index contributed by atoms with van der Waals surface area (Å²) in [6.45, 7) is 6.87. The molecule has 0 aromatic heterocycles. The quantitative estimate of drug-likeness (QED) is 0.776. The Labute approximate surface area is 117 Å². The first-order valence-electron chi connectivity index (χ1n) is 6.38. The van der Waals surface area contributed by atoms with Gasteiger partial charge in [0.25, 0.3) is 0 Å². The molecule has 1 aliphatic rings. The van der Waals surface area contributed by atoms with Crippen molar-refractivity contribution >= 4 is 22.0 Å². The molecule has 0 N–H and O–H groups in total. The highest BCUT2D eigenvalue weighted by molar-refractivity contribution is 9.09. The summed E-state index contributed by atoms with van der Waals surface area (Å²) in [5.41, 5.74) is 2.32. The van der Waals surface area contributed by atoms with E-state index in [-0.39, 0.29) is 6.10 Å². The van der Waals surface area contributed by atoms with E-state index in [2.05, 4.69) is 54.1 Å². The van der Waals surface area contributed by atoms with Crippen LogP contribution in [0.25, 0.3) is 6.08 Å². The lowest BCUT2D eigenvalue weighted by molar-refractivity contribution is 0.254. The summed E-state index contributed by atoms with van der Waals surface area (Å²) in [5, 5.41) is 0. The van der Waals surface area contributed by atoms with Crippen LogP contribution in [0.15, 0.2) is 18.2 Å². The molecule has 2 atom stereocenters. The second-order valence-electron chi connectivity index (χ2n) is 4.60. The van der Waals surface area contributed by atoms with Crippen LogP contribution in [-0.4, -0.2) is 17.5 Å². The summed E-state index contributed by atoms with van der Waals surface area (Å²) in [5.74, 6) is 1.94. The average molecular weight is 311 g/mol. The molecule has 1 aliphatic heterocycles. The number of rotatable bonds is 4. The van der Waals surface area contributed by atoms with Crippen molar-refractivity contribution in [3.05, 3.63) is 29.3 Å². The van der Waals surface area contributed by atoms with Crippen molar-refractivity contribution in [2.45, 2.75) is 38.1 Å². The third-order valence-electron chi connectivity index (χ3n) is 2.87. The minimum Gasteiger partial charge on any atom is -0.493 e. The molecule has 2 rings (SSSR count). The first kappa shape index (κ1) is 13.5. The molecule has 2 nitrogen and oxygen atoms in total. The normalized spacial score (nSPS) is 19.7. The molecule has 1 heterocycles. The molecular formula is C15H19BrO2. The maximum atomic E-state index is 5.79. The van der Waals surface area contributed by atoms with Crippen molar-refractivity contribution in [3.63, 3.8) is 0 Å². The van der Waals surface area contributed by atoms with Gasteiger partial charge < -0.3 is 9.47 Å². The van der Waals surface area contributed by atoms with Gasteiger partial charge in [0.15, 0.2) is 0 Å². The largest absolute Gasteiger partial charge is 0.493 e. The van der Waals surface area contributed by atoms with Crippen molar-refractivity contribution in [1.29, 1.82) is 0 Å². The summed E-state index contributed by atoms with van der Waals surface area (Å²) in [6, 6.07) is 4.19. The van der Waals surface area contributed by atoms with Crippen molar-refractivity contribution in [1.82, 2.24) is 0 Å². The van der Waals surface area contributed by atoms with Crippen LogP contribution in [0.3, 0.4) is 0 Å². The Hall–Kier alpha value is -0.960. The second-order valence-corrected chi connectivity index (χ2v) is 6.04. The molecule has 0 saturated heterocycles. The van der Waals surface area contributed by atoms with Crippen LogP contribution in [0.1, 0.15) is 31.9 Å².